The second-order valence-electron chi connectivity index (χ2n) is 3.61. The van der Waals surface area contributed by atoms with E-state index in [1.807, 2.05) is 6.92 Å². The van der Waals surface area contributed by atoms with Gasteiger partial charge in [0.2, 0.25) is 11.8 Å². The first-order valence-corrected chi connectivity index (χ1v) is 5.84. The van der Waals surface area contributed by atoms with Gasteiger partial charge in [0.05, 0.1) is 12.8 Å². The van der Waals surface area contributed by atoms with Gasteiger partial charge in [0.1, 0.15) is 11.5 Å². The molecule has 1 aromatic heterocycles. The molecule has 6 heteroatoms. The Morgan fingerprint density at radius 2 is 2.11 bits per heavy atom. The topological polar surface area (TPSA) is 56.3 Å². The summed E-state index contributed by atoms with van der Waals surface area (Å²) in [5, 5.41) is 2.72. The van der Waals surface area contributed by atoms with Gasteiger partial charge in [-0.3, -0.25) is 0 Å². The monoisotopic (exact) mass is 263 g/mol. The van der Waals surface area contributed by atoms with Crippen LogP contribution in [0.2, 0.25) is 0 Å². The van der Waals surface area contributed by atoms with Gasteiger partial charge in [0, 0.05) is 13.1 Å². The van der Waals surface area contributed by atoms with Crippen molar-refractivity contribution in [3.8, 4) is 17.4 Å². The van der Waals surface area contributed by atoms with Gasteiger partial charge in [-0.25, -0.2) is 4.98 Å². The molecule has 2 aromatic rings. The molecular weight excluding hydrogens is 249 g/mol. The number of hydrogen-bond donors (Lipinski definition) is 1. The minimum absolute atomic E-state index is 0.131. The molecule has 19 heavy (non-hydrogen) atoms. The highest BCUT2D eigenvalue weighted by molar-refractivity contribution is 5.36. The summed E-state index contributed by atoms with van der Waals surface area (Å²) in [4.78, 5) is 7.65. The number of anilines is 1. The van der Waals surface area contributed by atoms with E-state index in [4.69, 9.17) is 9.47 Å². The third-order valence-corrected chi connectivity index (χ3v) is 2.27. The minimum atomic E-state index is -0.624. The summed E-state index contributed by atoms with van der Waals surface area (Å²) in [5.74, 6) is 0.639. The molecular formula is C13H14FN3O2. The third kappa shape index (κ3) is 3.31. The van der Waals surface area contributed by atoms with Gasteiger partial charge in [0.25, 0.3) is 5.88 Å². The maximum absolute atomic E-state index is 13.5. The first kappa shape index (κ1) is 13.1. The third-order valence-electron chi connectivity index (χ3n) is 2.27. The van der Waals surface area contributed by atoms with Crippen LogP contribution >= 0.6 is 0 Å². The first-order chi connectivity index (χ1) is 9.22. The van der Waals surface area contributed by atoms with Crippen molar-refractivity contribution in [3.05, 3.63) is 36.3 Å². The van der Waals surface area contributed by atoms with Crippen LogP contribution < -0.4 is 14.8 Å². The molecule has 0 amide bonds. The molecule has 0 aliphatic heterocycles. The van der Waals surface area contributed by atoms with Crippen LogP contribution in [-0.4, -0.2) is 23.6 Å². The summed E-state index contributed by atoms with van der Waals surface area (Å²) in [6.07, 6.45) is 1.06. The van der Waals surface area contributed by atoms with Gasteiger partial charge in [0.15, 0.2) is 0 Å². The zero-order valence-corrected chi connectivity index (χ0v) is 10.7. The van der Waals surface area contributed by atoms with E-state index in [-0.39, 0.29) is 11.8 Å². The zero-order valence-electron chi connectivity index (χ0n) is 10.7. The van der Waals surface area contributed by atoms with Gasteiger partial charge in [-0.05, 0) is 19.1 Å². The number of aromatic nitrogens is 2. The van der Waals surface area contributed by atoms with Crippen molar-refractivity contribution in [3.63, 3.8) is 0 Å². The van der Waals surface area contributed by atoms with Crippen LogP contribution in [0.1, 0.15) is 6.92 Å². The molecule has 5 nitrogen and oxygen atoms in total. The SMILES string of the molecule is CCOc1cccc(Oc2nc(NC)ncc2F)c1. The van der Waals surface area contributed by atoms with Crippen LogP contribution in [0.15, 0.2) is 30.5 Å². The van der Waals surface area contributed by atoms with E-state index in [2.05, 4.69) is 15.3 Å². The number of nitrogens with one attached hydrogen (secondary N) is 1. The van der Waals surface area contributed by atoms with E-state index in [9.17, 15) is 4.39 Å². The molecule has 0 aliphatic rings. The van der Waals surface area contributed by atoms with Gasteiger partial charge < -0.3 is 14.8 Å². The number of ether oxygens (including phenoxy) is 2. The summed E-state index contributed by atoms with van der Waals surface area (Å²) in [6, 6.07) is 6.93. The summed E-state index contributed by atoms with van der Waals surface area (Å²) in [7, 11) is 1.65. The quantitative estimate of drug-likeness (QED) is 0.898. The van der Waals surface area contributed by atoms with Gasteiger partial charge in [-0.15, -0.1) is 0 Å². The molecule has 0 spiro atoms. The molecule has 1 N–H and O–H groups in total. The second-order valence-corrected chi connectivity index (χ2v) is 3.61. The van der Waals surface area contributed by atoms with E-state index in [1.54, 1.807) is 31.3 Å². The van der Waals surface area contributed by atoms with Crippen LogP contribution in [0, 0.1) is 5.82 Å². The highest BCUT2D eigenvalue weighted by Gasteiger charge is 2.09. The Morgan fingerprint density at radius 1 is 1.32 bits per heavy atom. The normalized spacial score (nSPS) is 10.1. The highest BCUT2D eigenvalue weighted by atomic mass is 19.1. The Labute approximate surface area is 110 Å². The molecule has 0 radical (unpaired) electrons. The molecule has 1 heterocycles. The summed E-state index contributed by atoms with van der Waals surface area (Å²) < 4.78 is 24.3. The van der Waals surface area contributed by atoms with Gasteiger partial charge in [-0.1, -0.05) is 6.07 Å². The lowest BCUT2D eigenvalue weighted by Crippen LogP contribution is -2.00. The number of hydrogen-bond acceptors (Lipinski definition) is 5. The Hall–Kier alpha value is -2.37. The molecule has 0 atom stereocenters. The molecule has 0 fully saturated rings. The first-order valence-electron chi connectivity index (χ1n) is 5.84. The standard InChI is InChI=1S/C13H14FN3O2/c1-3-18-9-5-4-6-10(7-9)19-12-11(14)8-16-13(15-2)17-12/h4-8H,3H2,1-2H3,(H,15,16,17). The number of nitrogens with zero attached hydrogens (tertiary/aromatic N) is 2. The van der Waals surface area contributed by atoms with Crippen LogP contribution in [0.4, 0.5) is 10.3 Å². The Balaban J connectivity index is 2.22. The second kappa shape index (κ2) is 5.99. The van der Waals surface area contributed by atoms with Gasteiger partial charge in [-0.2, -0.15) is 9.37 Å². The minimum Gasteiger partial charge on any atom is -0.494 e. The fraction of sp³-hybridized carbons (Fsp3) is 0.231. The van der Waals surface area contributed by atoms with Crippen LogP contribution in [0.5, 0.6) is 17.4 Å². The Morgan fingerprint density at radius 3 is 2.84 bits per heavy atom. The molecule has 1 aromatic carbocycles. The number of halogens is 1. The molecule has 0 aliphatic carbocycles. The molecule has 0 saturated carbocycles. The van der Waals surface area contributed by atoms with Crippen molar-refractivity contribution in [2.24, 2.45) is 0 Å². The van der Waals surface area contributed by atoms with E-state index in [0.717, 1.165) is 6.20 Å². The lowest BCUT2D eigenvalue weighted by molar-refractivity contribution is 0.337. The lowest BCUT2D eigenvalue weighted by atomic mass is 10.3. The lowest BCUT2D eigenvalue weighted by Gasteiger charge is -2.08. The molecule has 0 bridgehead atoms. The van der Waals surface area contributed by atoms with Crippen LogP contribution in [0.3, 0.4) is 0 Å². The Bertz CT molecular complexity index is 563. The van der Waals surface area contributed by atoms with E-state index < -0.39 is 5.82 Å². The fourth-order valence-electron chi connectivity index (χ4n) is 1.45. The van der Waals surface area contributed by atoms with Crippen molar-refractivity contribution in [2.75, 3.05) is 19.0 Å². The fourth-order valence-corrected chi connectivity index (χ4v) is 1.45. The van der Waals surface area contributed by atoms with Gasteiger partial charge >= 0.3 is 0 Å². The predicted molar refractivity (Wildman–Crippen MR) is 69.2 cm³/mol. The predicted octanol–water partition coefficient (Wildman–Crippen LogP) is 2.85. The smallest absolute Gasteiger partial charge is 0.260 e. The highest BCUT2D eigenvalue weighted by Crippen LogP contribution is 2.26. The van der Waals surface area contributed by atoms with E-state index in [0.29, 0.717) is 18.1 Å². The molecule has 2 rings (SSSR count). The summed E-state index contributed by atoms with van der Waals surface area (Å²) in [6.45, 7) is 2.44. The van der Waals surface area contributed by atoms with E-state index >= 15 is 0 Å². The van der Waals surface area contributed by atoms with Crippen molar-refractivity contribution in [1.82, 2.24) is 9.97 Å². The number of benzene rings is 1. The van der Waals surface area contributed by atoms with Crippen molar-refractivity contribution >= 4 is 5.95 Å². The van der Waals surface area contributed by atoms with Crippen molar-refractivity contribution in [1.29, 1.82) is 0 Å². The molecule has 0 saturated heterocycles. The van der Waals surface area contributed by atoms with Crippen LogP contribution in [0.25, 0.3) is 0 Å². The maximum Gasteiger partial charge on any atom is 0.260 e. The maximum atomic E-state index is 13.5. The largest absolute Gasteiger partial charge is 0.494 e. The number of rotatable bonds is 5. The van der Waals surface area contributed by atoms with Crippen LogP contribution in [-0.2, 0) is 0 Å². The zero-order chi connectivity index (χ0) is 13.7. The van der Waals surface area contributed by atoms with Crippen molar-refractivity contribution in [2.45, 2.75) is 6.92 Å². The summed E-state index contributed by atoms with van der Waals surface area (Å²) >= 11 is 0. The Kier molecular flexibility index (Phi) is 4.12. The summed E-state index contributed by atoms with van der Waals surface area (Å²) in [5.41, 5.74) is 0. The molecule has 0 unspecified atom stereocenters. The van der Waals surface area contributed by atoms with Crippen molar-refractivity contribution < 1.29 is 13.9 Å². The average molecular weight is 263 g/mol. The average Bonchev–Trinajstić information content (AvgIpc) is 2.42. The molecule has 100 valence electrons. The van der Waals surface area contributed by atoms with E-state index in [1.165, 1.54) is 0 Å².